The van der Waals surface area contributed by atoms with Crippen LogP contribution in [0.25, 0.3) is 0 Å². The van der Waals surface area contributed by atoms with Gasteiger partial charge >= 0.3 is 11.9 Å². The van der Waals surface area contributed by atoms with Crippen molar-refractivity contribution in [3.8, 4) is 23.0 Å². The highest BCUT2D eigenvalue weighted by Gasteiger charge is 2.14. The van der Waals surface area contributed by atoms with Gasteiger partial charge in [-0.05, 0) is 97.5 Å². The number of carboxylic acids is 2. The third kappa shape index (κ3) is 18.0. The zero-order valence-corrected chi connectivity index (χ0v) is 32.7. The maximum absolute atomic E-state index is 10.5. The third-order valence-corrected chi connectivity index (χ3v) is 8.33. The van der Waals surface area contributed by atoms with E-state index in [9.17, 15) is 39.6 Å². The Morgan fingerprint density at radius 1 is 0.603 bits per heavy atom. The summed E-state index contributed by atoms with van der Waals surface area (Å²) in [6.45, 7) is 4.82. The molecule has 0 aliphatic heterocycles. The number of carboxylic acid groups (broad SMARTS) is 2. The van der Waals surface area contributed by atoms with Crippen molar-refractivity contribution in [1.29, 1.82) is 0 Å². The monoisotopic (exact) mass is 804 g/mol. The summed E-state index contributed by atoms with van der Waals surface area (Å²) in [7, 11) is 3.28. The van der Waals surface area contributed by atoms with Crippen molar-refractivity contribution in [2.24, 2.45) is 0 Å². The van der Waals surface area contributed by atoms with Gasteiger partial charge in [0.2, 0.25) is 12.8 Å². The van der Waals surface area contributed by atoms with Crippen LogP contribution < -0.4 is 30.7 Å². The Balaban J connectivity index is 0.000000337. The molecule has 4 aromatic rings. The lowest BCUT2D eigenvalue weighted by atomic mass is 10.1. The third-order valence-electron chi connectivity index (χ3n) is 8.33. The molecule has 16 nitrogen and oxygen atoms in total. The molecule has 0 aliphatic carbocycles. The Morgan fingerprint density at radius 2 is 0.948 bits per heavy atom. The number of phenolic OH excluding ortho intramolecular Hbond substituents is 2. The van der Waals surface area contributed by atoms with E-state index in [-0.39, 0.29) is 35.0 Å². The molecule has 0 bridgehead atoms. The second-order valence-corrected chi connectivity index (χ2v) is 12.8. The van der Waals surface area contributed by atoms with Crippen molar-refractivity contribution < 1.29 is 59.3 Å². The van der Waals surface area contributed by atoms with Crippen molar-refractivity contribution >= 4 is 36.1 Å². The van der Waals surface area contributed by atoms with E-state index in [0.717, 1.165) is 24.3 Å². The van der Waals surface area contributed by atoms with Crippen LogP contribution in [-0.4, -0.2) is 94.8 Å². The summed E-state index contributed by atoms with van der Waals surface area (Å²) in [4.78, 5) is 40.2. The number of carbonyl (C=O) groups is 4. The summed E-state index contributed by atoms with van der Waals surface area (Å²) in [6, 6.07) is 25.4. The second kappa shape index (κ2) is 25.6. The number of aromatic hydroxyl groups is 2. The lowest BCUT2D eigenvalue weighted by molar-refractivity contribution is -0.134. The first kappa shape index (κ1) is 47.7. The number of nitrogens with one attached hydrogen (secondary N) is 4. The van der Waals surface area contributed by atoms with Crippen LogP contribution in [0.3, 0.4) is 0 Å². The Kier molecular flexibility index (Phi) is 21.1. The summed E-state index contributed by atoms with van der Waals surface area (Å²) in [5.74, 6) is -0.939. The molecule has 4 aromatic carbocycles. The van der Waals surface area contributed by atoms with Crippen LogP contribution in [0.1, 0.15) is 48.3 Å². The minimum absolute atomic E-state index is 0.0381. The van der Waals surface area contributed by atoms with E-state index in [1.807, 2.05) is 62.4 Å². The van der Waals surface area contributed by atoms with Gasteiger partial charge in [0.1, 0.15) is 23.0 Å². The predicted octanol–water partition coefficient (Wildman–Crippen LogP) is 4.16. The van der Waals surface area contributed by atoms with Gasteiger partial charge in [-0.1, -0.05) is 36.4 Å². The molecule has 16 heteroatoms. The molecule has 0 aromatic heterocycles. The van der Waals surface area contributed by atoms with Crippen molar-refractivity contribution in [2.75, 3.05) is 37.9 Å². The molecule has 4 atom stereocenters. The molecule has 0 aliphatic rings. The van der Waals surface area contributed by atoms with Crippen LogP contribution in [0.15, 0.2) is 97.1 Å². The number of phenols is 2. The van der Waals surface area contributed by atoms with Gasteiger partial charge in [0.05, 0.1) is 37.8 Å². The van der Waals surface area contributed by atoms with Crippen molar-refractivity contribution in [1.82, 2.24) is 10.6 Å². The minimum atomic E-state index is -1.26. The van der Waals surface area contributed by atoms with Crippen LogP contribution in [0.4, 0.5) is 11.4 Å². The minimum Gasteiger partial charge on any atom is -0.506 e. The number of aliphatic hydroxyl groups is 2. The molecule has 58 heavy (non-hydrogen) atoms. The van der Waals surface area contributed by atoms with E-state index in [0.29, 0.717) is 49.2 Å². The van der Waals surface area contributed by atoms with E-state index in [4.69, 9.17) is 19.7 Å². The molecular formula is C42H52N4O12. The standard InChI is InChI=1S/2C19H24N2O4.C4H4O4/c2*1-13(9-14-3-6-16(25-2)7-4-14)20-11-19(24)15-5-8-18(23)17(10-15)21-12-22;5-3(6)1-2-4(7)8/h2*3-8,10,12-13,19-20,23-24H,9,11H2,1-2H3,(H,21,22);1-2H,(H,5,6)(H,7,8)/t2*13-,19+;/m11./s1. The fraction of sp³-hybridized carbons (Fsp3) is 0.286. The summed E-state index contributed by atoms with van der Waals surface area (Å²) < 4.78 is 10.3. The molecule has 0 spiro atoms. The molecule has 0 radical (unpaired) electrons. The van der Waals surface area contributed by atoms with Crippen LogP contribution in [0, 0.1) is 0 Å². The number of hydrogen-bond donors (Lipinski definition) is 10. The fourth-order valence-corrected chi connectivity index (χ4v) is 5.26. The number of rotatable bonds is 20. The summed E-state index contributed by atoms with van der Waals surface area (Å²) >= 11 is 0. The molecule has 4 rings (SSSR count). The number of methoxy groups -OCH3 is 2. The number of amides is 2. The summed E-state index contributed by atoms with van der Waals surface area (Å²) in [5.41, 5.74) is 4.14. The van der Waals surface area contributed by atoms with Gasteiger partial charge in [-0.25, -0.2) is 9.59 Å². The number of ether oxygens (including phenoxy) is 2. The topological polar surface area (TPSA) is 256 Å². The maximum atomic E-state index is 10.5. The highest BCUT2D eigenvalue weighted by Crippen LogP contribution is 2.28. The van der Waals surface area contributed by atoms with Crippen LogP contribution in [0.2, 0.25) is 0 Å². The van der Waals surface area contributed by atoms with E-state index in [1.165, 1.54) is 23.3 Å². The average molecular weight is 805 g/mol. The first-order chi connectivity index (χ1) is 27.7. The largest absolute Gasteiger partial charge is 0.506 e. The van der Waals surface area contributed by atoms with Gasteiger partial charge < -0.3 is 61.4 Å². The molecule has 0 saturated heterocycles. The second-order valence-electron chi connectivity index (χ2n) is 12.8. The summed E-state index contributed by atoms with van der Waals surface area (Å²) in [6.07, 6.45) is 2.25. The summed E-state index contributed by atoms with van der Waals surface area (Å²) in [5, 5.41) is 66.9. The van der Waals surface area contributed by atoms with Crippen LogP contribution >= 0.6 is 0 Å². The van der Waals surface area contributed by atoms with Gasteiger partial charge in [0, 0.05) is 37.3 Å². The molecule has 0 saturated carbocycles. The number of aliphatic hydroxyl groups excluding tert-OH is 2. The van der Waals surface area contributed by atoms with Gasteiger partial charge in [-0.15, -0.1) is 0 Å². The maximum Gasteiger partial charge on any atom is 0.328 e. The van der Waals surface area contributed by atoms with Crippen molar-refractivity contribution in [3.63, 3.8) is 0 Å². The number of carbonyl (C=O) groups excluding carboxylic acids is 2. The van der Waals surface area contributed by atoms with E-state index < -0.39 is 24.1 Å². The quantitative estimate of drug-likeness (QED) is 0.0342. The first-order valence-electron chi connectivity index (χ1n) is 18.0. The first-order valence-corrected chi connectivity index (χ1v) is 18.0. The molecule has 2 amide bonds. The molecule has 0 unspecified atom stereocenters. The normalized spacial score (nSPS) is 12.6. The Morgan fingerprint density at radius 3 is 1.24 bits per heavy atom. The molecular weight excluding hydrogens is 752 g/mol. The Labute approximate surface area is 336 Å². The van der Waals surface area contributed by atoms with Gasteiger partial charge in [-0.2, -0.15) is 0 Å². The zero-order valence-electron chi connectivity index (χ0n) is 32.7. The molecule has 10 N–H and O–H groups in total. The van der Waals surface area contributed by atoms with E-state index in [1.54, 1.807) is 38.5 Å². The number of anilines is 2. The Bertz CT molecular complexity index is 1770. The number of benzene rings is 4. The lowest BCUT2D eigenvalue weighted by Crippen LogP contribution is -2.32. The predicted molar refractivity (Wildman–Crippen MR) is 218 cm³/mol. The number of aliphatic carboxylic acids is 2. The Hall–Kier alpha value is -6.46. The lowest BCUT2D eigenvalue weighted by Gasteiger charge is -2.18. The van der Waals surface area contributed by atoms with Crippen LogP contribution in [0.5, 0.6) is 23.0 Å². The van der Waals surface area contributed by atoms with Gasteiger partial charge in [-0.3, -0.25) is 9.59 Å². The molecule has 0 fully saturated rings. The molecule has 312 valence electrons. The van der Waals surface area contributed by atoms with Crippen molar-refractivity contribution in [3.05, 3.63) is 119 Å². The van der Waals surface area contributed by atoms with Gasteiger partial charge in [0.15, 0.2) is 0 Å². The van der Waals surface area contributed by atoms with E-state index >= 15 is 0 Å². The van der Waals surface area contributed by atoms with Crippen LogP contribution in [-0.2, 0) is 32.0 Å². The fourth-order valence-electron chi connectivity index (χ4n) is 5.26. The SMILES string of the molecule is COc1ccc(C[C@@H](C)NC[C@H](O)c2ccc(O)c(NC=O)c2)cc1.COc1ccc(C[C@@H](C)NC[C@H](O)c2ccc(O)c(NC=O)c2)cc1.O=C(O)C=CC(=O)O. The molecule has 0 heterocycles. The number of hydrogen-bond acceptors (Lipinski definition) is 12. The smallest absolute Gasteiger partial charge is 0.328 e. The zero-order chi connectivity index (χ0) is 43.0. The highest BCUT2D eigenvalue weighted by molar-refractivity contribution is 5.89. The average Bonchev–Trinajstić information content (AvgIpc) is 3.21. The highest BCUT2D eigenvalue weighted by atomic mass is 16.5. The van der Waals surface area contributed by atoms with Gasteiger partial charge in [0.25, 0.3) is 0 Å². The van der Waals surface area contributed by atoms with E-state index in [2.05, 4.69) is 21.3 Å². The van der Waals surface area contributed by atoms with Crippen molar-refractivity contribution in [2.45, 2.75) is 51.0 Å².